The first-order valence-electron chi connectivity index (χ1n) is 5.20. The van der Waals surface area contributed by atoms with Crippen molar-refractivity contribution in [3.8, 4) is 5.95 Å². The van der Waals surface area contributed by atoms with Crippen molar-refractivity contribution in [3.63, 3.8) is 0 Å². The predicted octanol–water partition coefficient (Wildman–Crippen LogP) is 2.25. The van der Waals surface area contributed by atoms with Crippen LogP contribution in [-0.4, -0.2) is 19.5 Å². The fourth-order valence-electron chi connectivity index (χ4n) is 1.08. The van der Waals surface area contributed by atoms with E-state index in [0.717, 1.165) is 12.1 Å². The molecule has 2 aromatic heterocycles. The van der Waals surface area contributed by atoms with Crippen LogP contribution in [0.1, 0.15) is 26.5 Å². The summed E-state index contributed by atoms with van der Waals surface area (Å²) in [6, 6.07) is 1.79. The molecule has 0 spiro atoms. The van der Waals surface area contributed by atoms with E-state index in [0.29, 0.717) is 5.95 Å². The minimum Gasteiger partial charge on any atom is -0.274 e. The van der Waals surface area contributed by atoms with Crippen molar-refractivity contribution in [2.24, 2.45) is 0 Å². The third-order valence-corrected chi connectivity index (χ3v) is 1.78. The largest absolute Gasteiger partial charge is 0.274 e. The van der Waals surface area contributed by atoms with E-state index in [1.165, 1.54) is 0 Å². The molecule has 2 rings (SSSR count). The standard InChI is InChI=1S/C9H10N4.C2H6/c1-2-8-6-13(7-12-8)9-10-4-3-5-11-9;1-2/h3-7H,2H2,1H3;1-2H3. The van der Waals surface area contributed by atoms with Gasteiger partial charge in [-0.15, -0.1) is 0 Å². The highest BCUT2D eigenvalue weighted by atomic mass is 15.2. The maximum absolute atomic E-state index is 4.19. The van der Waals surface area contributed by atoms with Gasteiger partial charge in [0, 0.05) is 18.6 Å². The monoisotopic (exact) mass is 204 g/mol. The third kappa shape index (κ3) is 2.87. The summed E-state index contributed by atoms with van der Waals surface area (Å²) < 4.78 is 1.82. The lowest BCUT2D eigenvalue weighted by Crippen LogP contribution is -1.96. The summed E-state index contributed by atoms with van der Waals surface area (Å²) in [6.45, 7) is 6.07. The molecule has 80 valence electrons. The first-order valence-corrected chi connectivity index (χ1v) is 5.20. The zero-order chi connectivity index (χ0) is 11.1. The molecule has 0 fully saturated rings. The van der Waals surface area contributed by atoms with Gasteiger partial charge in [0.25, 0.3) is 0 Å². The van der Waals surface area contributed by atoms with Gasteiger partial charge in [-0.2, -0.15) is 0 Å². The Morgan fingerprint density at radius 2 is 1.80 bits per heavy atom. The maximum Gasteiger partial charge on any atom is 0.234 e. The van der Waals surface area contributed by atoms with Crippen molar-refractivity contribution in [1.29, 1.82) is 0 Å². The molecule has 0 radical (unpaired) electrons. The van der Waals surface area contributed by atoms with Crippen LogP contribution in [-0.2, 0) is 6.42 Å². The number of aromatic nitrogens is 4. The lowest BCUT2D eigenvalue weighted by molar-refractivity contribution is 0.924. The van der Waals surface area contributed by atoms with Crippen molar-refractivity contribution in [3.05, 3.63) is 36.7 Å². The second-order valence-corrected chi connectivity index (χ2v) is 2.67. The van der Waals surface area contributed by atoms with E-state index in [9.17, 15) is 0 Å². The Bertz CT molecular complexity index is 380. The van der Waals surface area contributed by atoms with Crippen LogP contribution in [0.15, 0.2) is 31.0 Å². The SMILES string of the molecule is CC.CCc1cn(-c2ncccn2)cn1. The van der Waals surface area contributed by atoms with Crippen LogP contribution in [0.3, 0.4) is 0 Å². The topological polar surface area (TPSA) is 43.6 Å². The second-order valence-electron chi connectivity index (χ2n) is 2.67. The fraction of sp³-hybridized carbons (Fsp3) is 0.364. The highest BCUT2D eigenvalue weighted by Gasteiger charge is 1.99. The van der Waals surface area contributed by atoms with Gasteiger partial charge >= 0.3 is 0 Å². The van der Waals surface area contributed by atoms with Crippen molar-refractivity contribution < 1.29 is 0 Å². The zero-order valence-corrected chi connectivity index (χ0v) is 9.38. The Balaban J connectivity index is 0.000000531. The van der Waals surface area contributed by atoms with Crippen LogP contribution in [0.25, 0.3) is 5.95 Å². The van der Waals surface area contributed by atoms with Gasteiger partial charge in [0.15, 0.2) is 0 Å². The molecule has 0 saturated heterocycles. The molecule has 0 aromatic carbocycles. The van der Waals surface area contributed by atoms with Gasteiger partial charge in [0.2, 0.25) is 5.95 Å². The molecule has 4 heteroatoms. The van der Waals surface area contributed by atoms with Crippen molar-refractivity contribution in [1.82, 2.24) is 19.5 Å². The van der Waals surface area contributed by atoms with Crippen LogP contribution in [0.2, 0.25) is 0 Å². The minimum atomic E-state index is 0.662. The fourth-order valence-corrected chi connectivity index (χ4v) is 1.08. The van der Waals surface area contributed by atoms with E-state index in [-0.39, 0.29) is 0 Å². The molecular formula is C11H16N4. The van der Waals surface area contributed by atoms with E-state index in [1.54, 1.807) is 24.8 Å². The smallest absolute Gasteiger partial charge is 0.234 e. The number of rotatable bonds is 2. The number of hydrogen-bond acceptors (Lipinski definition) is 3. The molecule has 0 aliphatic heterocycles. The highest BCUT2D eigenvalue weighted by molar-refractivity contribution is 5.12. The third-order valence-electron chi connectivity index (χ3n) is 1.78. The first kappa shape index (κ1) is 11.4. The molecule has 0 aliphatic carbocycles. The summed E-state index contributed by atoms with van der Waals surface area (Å²) >= 11 is 0. The van der Waals surface area contributed by atoms with E-state index in [2.05, 4.69) is 21.9 Å². The molecule has 0 aliphatic rings. The molecule has 0 unspecified atom stereocenters. The molecule has 0 amide bonds. The van der Waals surface area contributed by atoms with Gasteiger partial charge in [0.1, 0.15) is 6.33 Å². The van der Waals surface area contributed by atoms with Gasteiger partial charge < -0.3 is 0 Å². The zero-order valence-electron chi connectivity index (χ0n) is 9.38. The van der Waals surface area contributed by atoms with Gasteiger partial charge in [-0.25, -0.2) is 15.0 Å². The summed E-state index contributed by atoms with van der Waals surface area (Å²) in [5.74, 6) is 0.662. The van der Waals surface area contributed by atoms with Crippen LogP contribution in [0.5, 0.6) is 0 Å². The lowest BCUT2D eigenvalue weighted by atomic mass is 10.4. The number of imidazole rings is 1. The molecule has 2 aromatic rings. The molecule has 0 N–H and O–H groups in total. The molecule has 15 heavy (non-hydrogen) atoms. The summed E-state index contributed by atoms with van der Waals surface area (Å²) in [5, 5.41) is 0. The van der Waals surface area contributed by atoms with Crippen LogP contribution < -0.4 is 0 Å². The quantitative estimate of drug-likeness (QED) is 0.753. The molecule has 4 nitrogen and oxygen atoms in total. The summed E-state index contributed by atoms with van der Waals surface area (Å²) in [7, 11) is 0. The number of aryl methyl sites for hydroxylation is 1. The Hall–Kier alpha value is -1.71. The van der Waals surface area contributed by atoms with Gasteiger partial charge in [-0.05, 0) is 12.5 Å². The molecule has 0 atom stereocenters. The van der Waals surface area contributed by atoms with E-state index in [4.69, 9.17) is 0 Å². The summed E-state index contributed by atoms with van der Waals surface area (Å²) in [6.07, 6.45) is 8.03. The number of hydrogen-bond donors (Lipinski definition) is 0. The maximum atomic E-state index is 4.19. The normalized spacial score (nSPS) is 9.27. The Kier molecular flexibility index (Phi) is 4.47. The molecule has 0 bridgehead atoms. The Labute approximate surface area is 90.0 Å². The van der Waals surface area contributed by atoms with E-state index < -0.39 is 0 Å². The summed E-state index contributed by atoms with van der Waals surface area (Å²) in [5.41, 5.74) is 1.05. The lowest BCUT2D eigenvalue weighted by Gasteiger charge is -1.96. The highest BCUT2D eigenvalue weighted by Crippen LogP contribution is 2.01. The van der Waals surface area contributed by atoms with E-state index >= 15 is 0 Å². The summed E-state index contributed by atoms with van der Waals surface area (Å²) in [4.78, 5) is 12.4. The first-order chi connectivity index (χ1) is 7.40. The Morgan fingerprint density at radius 1 is 1.13 bits per heavy atom. The molecular weight excluding hydrogens is 188 g/mol. The van der Waals surface area contributed by atoms with Crippen LogP contribution >= 0.6 is 0 Å². The van der Waals surface area contributed by atoms with E-state index in [1.807, 2.05) is 24.6 Å². The second kappa shape index (κ2) is 5.90. The van der Waals surface area contributed by atoms with Crippen molar-refractivity contribution in [2.75, 3.05) is 0 Å². The average Bonchev–Trinajstić information content (AvgIpc) is 2.81. The minimum absolute atomic E-state index is 0.662. The van der Waals surface area contributed by atoms with Gasteiger partial charge in [-0.3, -0.25) is 4.57 Å². The number of nitrogens with zero attached hydrogens (tertiary/aromatic N) is 4. The predicted molar refractivity (Wildman–Crippen MR) is 59.9 cm³/mol. The molecule has 0 saturated carbocycles. The van der Waals surface area contributed by atoms with Crippen molar-refractivity contribution in [2.45, 2.75) is 27.2 Å². The van der Waals surface area contributed by atoms with Crippen LogP contribution in [0.4, 0.5) is 0 Å². The molecule has 2 heterocycles. The van der Waals surface area contributed by atoms with Crippen LogP contribution in [0, 0.1) is 0 Å². The van der Waals surface area contributed by atoms with Gasteiger partial charge in [0.05, 0.1) is 5.69 Å². The average molecular weight is 204 g/mol. The van der Waals surface area contributed by atoms with Gasteiger partial charge in [-0.1, -0.05) is 20.8 Å². The van der Waals surface area contributed by atoms with Crippen molar-refractivity contribution >= 4 is 0 Å². The Morgan fingerprint density at radius 3 is 2.33 bits per heavy atom.